The Morgan fingerprint density at radius 3 is 2.90 bits per heavy atom. The van der Waals surface area contributed by atoms with Gasteiger partial charge in [-0.25, -0.2) is 9.78 Å². The minimum Gasteiger partial charge on any atom is -0.481 e. The standard InChI is InChI=1S/C15H21N3O3/c1-10(17-12-5-6-12)11-8-13(18-14(9-11)21-2)4-3-7-16-15(19)20/h8-9,12,16H,3-7H2,1-2H3,(H,19,20). The van der Waals surface area contributed by atoms with Gasteiger partial charge in [-0.3, -0.25) is 4.99 Å². The maximum absolute atomic E-state index is 10.4. The molecule has 2 N–H and O–H groups in total. The molecule has 21 heavy (non-hydrogen) atoms. The molecular weight excluding hydrogens is 270 g/mol. The van der Waals surface area contributed by atoms with E-state index in [0.717, 1.165) is 17.0 Å². The second kappa shape index (κ2) is 7.06. The Bertz CT molecular complexity index is 539. The molecule has 0 aliphatic heterocycles. The molecule has 1 amide bonds. The first-order valence-electron chi connectivity index (χ1n) is 7.15. The van der Waals surface area contributed by atoms with Crippen LogP contribution in [0.4, 0.5) is 4.79 Å². The van der Waals surface area contributed by atoms with Crippen LogP contribution in [0.3, 0.4) is 0 Å². The van der Waals surface area contributed by atoms with Crippen molar-refractivity contribution in [2.45, 2.75) is 38.6 Å². The maximum Gasteiger partial charge on any atom is 0.404 e. The number of nitrogens with zero attached hydrogens (tertiary/aromatic N) is 2. The van der Waals surface area contributed by atoms with Crippen LogP contribution in [0.15, 0.2) is 17.1 Å². The summed E-state index contributed by atoms with van der Waals surface area (Å²) in [5.41, 5.74) is 2.92. The fourth-order valence-corrected chi connectivity index (χ4v) is 2.02. The number of rotatable bonds is 7. The van der Waals surface area contributed by atoms with Gasteiger partial charge in [-0.15, -0.1) is 0 Å². The Balaban J connectivity index is 2.04. The molecule has 0 atom stereocenters. The van der Waals surface area contributed by atoms with Crippen LogP contribution in [-0.4, -0.2) is 41.6 Å². The fraction of sp³-hybridized carbons (Fsp3) is 0.533. The Morgan fingerprint density at radius 2 is 2.29 bits per heavy atom. The normalized spacial score (nSPS) is 14.9. The lowest BCUT2D eigenvalue weighted by Gasteiger charge is -2.08. The van der Waals surface area contributed by atoms with E-state index in [0.29, 0.717) is 31.3 Å². The molecule has 0 bridgehead atoms. The molecule has 0 spiro atoms. The monoisotopic (exact) mass is 291 g/mol. The molecule has 0 aromatic carbocycles. The van der Waals surface area contributed by atoms with Gasteiger partial charge in [0, 0.05) is 29.6 Å². The van der Waals surface area contributed by atoms with E-state index in [1.807, 2.05) is 19.1 Å². The number of aliphatic imine (C=N–C) groups is 1. The molecule has 0 radical (unpaired) electrons. The van der Waals surface area contributed by atoms with Crippen molar-refractivity contribution in [1.29, 1.82) is 0 Å². The molecule has 114 valence electrons. The molecule has 1 aromatic heterocycles. The highest BCUT2D eigenvalue weighted by Crippen LogP contribution is 2.25. The van der Waals surface area contributed by atoms with Gasteiger partial charge in [-0.1, -0.05) is 0 Å². The Kier molecular flexibility index (Phi) is 5.14. The first-order valence-corrected chi connectivity index (χ1v) is 7.15. The molecule has 2 rings (SSSR count). The molecule has 1 heterocycles. The topological polar surface area (TPSA) is 83.8 Å². The number of nitrogens with one attached hydrogen (secondary N) is 1. The van der Waals surface area contributed by atoms with Gasteiger partial charge in [0.15, 0.2) is 0 Å². The summed E-state index contributed by atoms with van der Waals surface area (Å²) in [6, 6.07) is 4.37. The lowest BCUT2D eigenvalue weighted by Crippen LogP contribution is -2.22. The number of methoxy groups -OCH3 is 1. The highest BCUT2D eigenvalue weighted by Gasteiger charge is 2.20. The third-order valence-corrected chi connectivity index (χ3v) is 3.29. The van der Waals surface area contributed by atoms with E-state index in [4.69, 9.17) is 9.84 Å². The van der Waals surface area contributed by atoms with Crippen molar-refractivity contribution in [1.82, 2.24) is 10.3 Å². The van der Waals surface area contributed by atoms with E-state index in [9.17, 15) is 4.79 Å². The van der Waals surface area contributed by atoms with E-state index in [2.05, 4.69) is 15.3 Å². The highest BCUT2D eigenvalue weighted by atomic mass is 16.5. The van der Waals surface area contributed by atoms with Gasteiger partial charge in [0.2, 0.25) is 5.88 Å². The van der Waals surface area contributed by atoms with E-state index >= 15 is 0 Å². The average molecular weight is 291 g/mol. The molecule has 1 aliphatic rings. The van der Waals surface area contributed by atoms with Crippen LogP contribution in [0.5, 0.6) is 5.88 Å². The smallest absolute Gasteiger partial charge is 0.404 e. The summed E-state index contributed by atoms with van der Waals surface area (Å²) in [6.45, 7) is 2.42. The summed E-state index contributed by atoms with van der Waals surface area (Å²) in [5, 5.41) is 10.9. The van der Waals surface area contributed by atoms with Gasteiger partial charge < -0.3 is 15.2 Å². The number of ether oxygens (including phenoxy) is 1. The number of aryl methyl sites for hydroxylation is 1. The Hall–Kier alpha value is -2.11. The van der Waals surface area contributed by atoms with Crippen LogP contribution in [0.25, 0.3) is 0 Å². The maximum atomic E-state index is 10.4. The summed E-state index contributed by atoms with van der Waals surface area (Å²) in [4.78, 5) is 19.4. The van der Waals surface area contributed by atoms with Crippen molar-refractivity contribution in [2.75, 3.05) is 13.7 Å². The Labute approximate surface area is 124 Å². The van der Waals surface area contributed by atoms with Gasteiger partial charge in [0.25, 0.3) is 0 Å². The van der Waals surface area contributed by atoms with Gasteiger partial charge in [-0.05, 0) is 38.7 Å². The number of aromatic nitrogens is 1. The molecule has 6 heteroatoms. The fourth-order valence-electron chi connectivity index (χ4n) is 2.02. The van der Waals surface area contributed by atoms with Crippen molar-refractivity contribution in [3.05, 3.63) is 23.4 Å². The zero-order valence-electron chi connectivity index (χ0n) is 12.4. The summed E-state index contributed by atoms with van der Waals surface area (Å²) in [7, 11) is 1.59. The third kappa shape index (κ3) is 5.06. The van der Waals surface area contributed by atoms with E-state index < -0.39 is 6.09 Å². The molecule has 6 nitrogen and oxygen atoms in total. The lowest BCUT2D eigenvalue weighted by molar-refractivity contribution is 0.194. The number of carboxylic acid groups (broad SMARTS) is 1. The lowest BCUT2D eigenvalue weighted by atomic mass is 10.1. The van der Waals surface area contributed by atoms with Crippen LogP contribution in [0, 0.1) is 0 Å². The van der Waals surface area contributed by atoms with Crippen molar-refractivity contribution in [2.24, 2.45) is 4.99 Å². The number of carbonyl (C=O) groups is 1. The van der Waals surface area contributed by atoms with E-state index in [1.54, 1.807) is 7.11 Å². The molecule has 0 unspecified atom stereocenters. The first-order chi connectivity index (χ1) is 10.1. The number of hydrogen-bond acceptors (Lipinski definition) is 4. The predicted molar refractivity (Wildman–Crippen MR) is 80.4 cm³/mol. The second-order valence-electron chi connectivity index (χ2n) is 5.17. The number of hydrogen-bond donors (Lipinski definition) is 2. The van der Waals surface area contributed by atoms with Crippen LogP contribution >= 0.6 is 0 Å². The third-order valence-electron chi connectivity index (χ3n) is 3.29. The van der Waals surface area contributed by atoms with Crippen LogP contribution in [0.2, 0.25) is 0 Å². The van der Waals surface area contributed by atoms with E-state index in [1.165, 1.54) is 12.8 Å². The molecule has 1 aromatic rings. The number of pyridine rings is 1. The summed E-state index contributed by atoms with van der Waals surface area (Å²) in [5.74, 6) is 0.569. The first kappa shape index (κ1) is 15.3. The van der Waals surface area contributed by atoms with Crippen LogP contribution in [-0.2, 0) is 6.42 Å². The summed E-state index contributed by atoms with van der Waals surface area (Å²) < 4.78 is 5.23. The minimum atomic E-state index is -0.998. The SMILES string of the molecule is COc1cc(C(C)=NC2CC2)cc(CCCNC(=O)O)n1. The summed E-state index contributed by atoms with van der Waals surface area (Å²) in [6.07, 6.45) is 2.74. The molecule has 1 saturated carbocycles. The Morgan fingerprint density at radius 1 is 1.52 bits per heavy atom. The van der Waals surface area contributed by atoms with Gasteiger partial charge in [0.05, 0.1) is 13.2 Å². The largest absolute Gasteiger partial charge is 0.481 e. The summed E-state index contributed by atoms with van der Waals surface area (Å²) >= 11 is 0. The van der Waals surface area contributed by atoms with E-state index in [-0.39, 0.29) is 0 Å². The quantitative estimate of drug-likeness (QED) is 0.596. The number of amides is 1. The molecular formula is C15H21N3O3. The minimum absolute atomic E-state index is 0.415. The van der Waals surface area contributed by atoms with Crippen LogP contribution in [0.1, 0.15) is 37.4 Å². The van der Waals surface area contributed by atoms with Crippen molar-refractivity contribution in [3.8, 4) is 5.88 Å². The van der Waals surface area contributed by atoms with Gasteiger partial charge in [-0.2, -0.15) is 0 Å². The zero-order chi connectivity index (χ0) is 15.2. The van der Waals surface area contributed by atoms with Crippen molar-refractivity contribution in [3.63, 3.8) is 0 Å². The second-order valence-corrected chi connectivity index (χ2v) is 5.17. The predicted octanol–water partition coefficient (Wildman–Crippen LogP) is 2.26. The average Bonchev–Trinajstić information content (AvgIpc) is 3.27. The van der Waals surface area contributed by atoms with Crippen molar-refractivity contribution >= 4 is 11.8 Å². The van der Waals surface area contributed by atoms with Gasteiger partial charge >= 0.3 is 6.09 Å². The molecule has 1 fully saturated rings. The zero-order valence-corrected chi connectivity index (χ0v) is 12.4. The molecule has 1 aliphatic carbocycles. The van der Waals surface area contributed by atoms with Crippen molar-refractivity contribution < 1.29 is 14.6 Å². The van der Waals surface area contributed by atoms with Crippen LogP contribution < -0.4 is 10.1 Å². The highest BCUT2D eigenvalue weighted by molar-refractivity contribution is 5.99. The van der Waals surface area contributed by atoms with Gasteiger partial charge in [0.1, 0.15) is 0 Å². The molecule has 0 saturated heterocycles.